The number of nitrogens with one attached hydrogen (secondary N) is 1. The lowest BCUT2D eigenvalue weighted by Crippen LogP contribution is -2.25. The Kier molecular flexibility index (Phi) is 3.64. The van der Waals surface area contributed by atoms with E-state index in [1.807, 2.05) is 35.0 Å². The first-order valence-corrected chi connectivity index (χ1v) is 6.69. The molecule has 0 bridgehead atoms. The molecule has 21 heavy (non-hydrogen) atoms. The molecule has 0 spiro atoms. The fourth-order valence-corrected chi connectivity index (χ4v) is 2.14. The maximum absolute atomic E-state index is 13.0. The van der Waals surface area contributed by atoms with Crippen molar-refractivity contribution in [3.8, 4) is 0 Å². The van der Waals surface area contributed by atoms with E-state index in [2.05, 4.69) is 10.3 Å². The van der Waals surface area contributed by atoms with Crippen LogP contribution < -0.4 is 5.32 Å². The number of amides is 1. The Balaban J connectivity index is 1.59. The minimum absolute atomic E-state index is 0.279. The van der Waals surface area contributed by atoms with E-state index in [1.165, 1.54) is 18.2 Å². The van der Waals surface area contributed by atoms with Crippen molar-refractivity contribution in [2.24, 2.45) is 0 Å². The Bertz CT molecular complexity index is 749. The van der Waals surface area contributed by atoms with Crippen LogP contribution in [0, 0.1) is 5.82 Å². The van der Waals surface area contributed by atoms with E-state index in [0.29, 0.717) is 18.5 Å². The molecule has 0 saturated carbocycles. The van der Waals surface area contributed by atoms with Gasteiger partial charge in [0.2, 0.25) is 0 Å². The molecular weight excluding hydrogens is 269 g/mol. The highest BCUT2D eigenvalue weighted by Crippen LogP contribution is 2.05. The molecule has 2 heterocycles. The summed E-state index contributed by atoms with van der Waals surface area (Å²) in [6.45, 7) is 0.458. The third-order valence-electron chi connectivity index (χ3n) is 3.17. The zero-order chi connectivity index (χ0) is 14.7. The van der Waals surface area contributed by atoms with Gasteiger partial charge in [0.25, 0.3) is 5.91 Å². The van der Waals surface area contributed by atoms with E-state index in [-0.39, 0.29) is 5.91 Å². The summed E-state index contributed by atoms with van der Waals surface area (Å²) in [6.07, 6.45) is 4.49. The summed E-state index contributed by atoms with van der Waals surface area (Å²) < 4.78 is 15.0. The number of aromatic nitrogens is 2. The number of rotatable bonds is 4. The summed E-state index contributed by atoms with van der Waals surface area (Å²) in [6, 6.07) is 11.4. The predicted molar refractivity (Wildman–Crippen MR) is 77.6 cm³/mol. The number of hydrogen-bond donors (Lipinski definition) is 1. The third-order valence-corrected chi connectivity index (χ3v) is 3.17. The second-order valence-electron chi connectivity index (χ2n) is 4.71. The second kappa shape index (κ2) is 5.75. The first-order chi connectivity index (χ1) is 10.2. The van der Waals surface area contributed by atoms with Gasteiger partial charge >= 0.3 is 0 Å². The van der Waals surface area contributed by atoms with Gasteiger partial charge in [-0.25, -0.2) is 9.37 Å². The van der Waals surface area contributed by atoms with Crippen LogP contribution >= 0.6 is 0 Å². The molecule has 5 heteroatoms. The summed E-state index contributed by atoms with van der Waals surface area (Å²) in [5.74, 6) is -0.693. The summed E-state index contributed by atoms with van der Waals surface area (Å²) in [4.78, 5) is 16.3. The molecule has 0 unspecified atom stereocenters. The number of carbonyl (C=O) groups excluding carboxylic acids is 1. The van der Waals surface area contributed by atoms with Crippen LogP contribution in [0.25, 0.3) is 5.65 Å². The second-order valence-corrected chi connectivity index (χ2v) is 4.71. The van der Waals surface area contributed by atoms with Gasteiger partial charge in [-0.15, -0.1) is 0 Å². The average molecular weight is 283 g/mol. The van der Waals surface area contributed by atoms with E-state index >= 15 is 0 Å². The fraction of sp³-hybridized carbons (Fsp3) is 0.125. The average Bonchev–Trinajstić information content (AvgIpc) is 2.89. The SMILES string of the molecule is O=C(NCCc1cn2ccccc2n1)c1cccc(F)c1. The molecule has 0 atom stereocenters. The molecule has 3 aromatic rings. The van der Waals surface area contributed by atoms with Gasteiger partial charge in [-0.3, -0.25) is 4.79 Å². The number of imidazole rings is 1. The normalized spacial score (nSPS) is 10.7. The minimum Gasteiger partial charge on any atom is -0.352 e. The van der Waals surface area contributed by atoms with Crippen molar-refractivity contribution in [3.63, 3.8) is 0 Å². The Labute approximate surface area is 121 Å². The molecular formula is C16H14FN3O. The van der Waals surface area contributed by atoms with Crippen LogP contribution in [0.5, 0.6) is 0 Å². The van der Waals surface area contributed by atoms with E-state index < -0.39 is 5.82 Å². The van der Waals surface area contributed by atoms with Crippen molar-refractivity contribution in [1.82, 2.24) is 14.7 Å². The van der Waals surface area contributed by atoms with E-state index in [1.54, 1.807) is 6.07 Å². The van der Waals surface area contributed by atoms with Crippen LogP contribution in [0.1, 0.15) is 16.1 Å². The van der Waals surface area contributed by atoms with Crippen LogP contribution in [-0.4, -0.2) is 21.8 Å². The standard InChI is InChI=1S/C16H14FN3O/c17-13-5-3-4-12(10-13)16(21)18-8-7-14-11-20-9-2-1-6-15(20)19-14/h1-6,9-11H,7-8H2,(H,18,21). The third kappa shape index (κ3) is 3.08. The molecule has 4 nitrogen and oxygen atoms in total. The number of pyridine rings is 1. The topological polar surface area (TPSA) is 46.4 Å². The van der Waals surface area contributed by atoms with E-state index in [4.69, 9.17) is 0 Å². The zero-order valence-corrected chi connectivity index (χ0v) is 11.3. The minimum atomic E-state index is -0.414. The number of fused-ring (bicyclic) bond motifs is 1. The first kappa shape index (κ1) is 13.3. The van der Waals surface area contributed by atoms with Gasteiger partial charge in [0.05, 0.1) is 5.69 Å². The van der Waals surface area contributed by atoms with Crippen molar-refractivity contribution >= 4 is 11.6 Å². The highest BCUT2D eigenvalue weighted by atomic mass is 19.1. The van der Waals surface area contributed by atoms with Crippen LogP contribution in [0.4, 0.5) is 4.39 Å². The lowest BCUT2D eigenvalue weighted by atomic mass is 10.2. The zero-order valence-electron chi connectivity index (χ0n) is 11.3. The molecule has 2 aromatic heterocycles. The molecule has 0 radical (unpaired) electrons. The van der Waals surface area contributed by atoms with Crippen LogP contribution in [0.2, 0.25) is 0 Å². The quantitative estimate of drug-likeness (QED) is 0.799. The summed E-state index contributed by atoms with van der Waals surface area (Å²) in [5, 5.41) is 2.76. The van der Waals surface area contributed by atoms with Crippen LogP contribution in [0.15, 0.2) is 54.9 Å². The Morgan fingerprint density at radius 3 is 2.95 bits per heavy atom. The molecule has 1 aromatic carbocycles. The van der Waals surface area contributed by atoms with Crippen LogP contribution in [0.3, 0.4) is 0 Å². The summed E-state index contributed by atoms with van der Waals surface area (Å²) in [7, 11) is 0. The van der Waals surface area contributed by atoms with Crippen molar-refractivity contribution in [2.75, 3.05) is 6.54 Å². The largest absolute Gasteiger partial charge is 0.352 e. The molecule has 1 N–H and O–H groups in total. The van der Waals surface area contributed by atoms with Crippen molar-refractivity contribution in [2.45, 2.75) is 6.42 Å². The highest BCUT2D eigenvalue weighted by molar-refractivity contribution is 5.94. The molecule has 0 saturated heterocycles. The Hall–Kier alpha value is -2.69. The van der Waals surface area contributed by atoms with Gasteiger partial charge in [0.1, 0.15) is 11.5 Å². The number of carbonyl (C=O) groups is 1. The van der Waals surface area contributed by atoms with Crippen molar-refractivity contribution < 1.29 is 9.18 Å². The summed E-state index contributed by atoms with van der Waals surface area (Å²) in [5.41, 5.74) is 2.11. The lowest BCUT2D eigenvalue weighted by Gasteiger charge is -2.03. The first-order valence-electron chi connectivity index (χ1n) is 6.69. The van der Waals surface area contributed by atoms with Crippen molar-refractivity contribution in [1.29, 1.82) is 0 Å². The monoisotopic (exact) mass is 283 g/mol. The lowest BCUT2D eigenvalue weighted by molar-refractivity contribution is 0.0953. The summed E-state index contributed by atoms with van der Waals surface area (Å²) >= 11 is 0. The van der Waals surface area contributed by atoms with Gasteiger partial charge in [-0.1, -0.05) is 12.1 Å². The van der Waals surface area contributed by atoms with Crippen molar-refractivity contribution in [3.05, 3.63) is 71.9 Å². The maximum Gasteiger partial charge on any atom is 0.251 e. The molecule has 0 aliphatic rings. The predicted octanol–water partition coefficient (Wildman–Crippen LogP) is 2.45. The number of benzene rings is 1. The van der Waals surface area contributed by atoms with Crippen LogP contribution in [-0.2, 0) is 6.42 Å². The van der Waals surface area contributed by atoms with E-state index in [9.17, 15) is 9.18 Å². The molecule has 0 aliphatic carbocycles. The molecule has 0 aliphatic heterocycles. The number of halogens is 1. The van der Waals surface area contributed by atoms with Gasteiger partial charge in [-0.2, -0.15) is 0 Å². The van der Waals surface area contributed by atoms with Gasteiger partial charge in [0.15, 0.2) is 0 Å². The molecule has 3 rings (SSSR count). The molecule has 106 valence electrons. The maximum atomic E-state index is 13.0. The van der Waals surface area contributed by atoms with Gasteiger partial charge < -0.3 is 9.72 Å². The number of nitrogens with zero attached hydrogens (tertiary/aromatic N) is 2. The fourth-order valence-electron chi connectivity index (χ4n) is 2.14. The molecule has 0 fully saturated rings. The Morgan fingerprint density at radius 2 is 2.14 bits per heavy atom. The van der Waals surface area contributed by atoms with Gasteiger partial charge in [-0.05, 0) is 30.3 Å². The highest BCUT2D eigenvalue weighted by Gasteiger charge is 2.06. The molecule has 1 amide bonds. The smallest absolute Gasteiger partial charge is 0.251 e. The van der Waals surface area contributed by atoms with E-state index in [0.717, 1.165) is 11.3 Å². The van der Waals surface area contributed by atoms with Gasteiger partial charge in [0, 0.05) is 30.9 Å². The Morgan fingerprint density at radius 1 is 1.24 bits per heavy atom. The number of hydrogen-bond acceptors (Lipinski definition) is 2.